The van der Waals surface area contributed by atoms with E-state index >= 15 is 0 Å². The number of thioether (sulfide) groups is 1. The molecule has 3 amide bonds. The lowest BCUT2D eigenvalue weighted by atomic mass is 9.74. The van der Waals surface area contributed by atoms with E-state index in [0.29, 0.717) is 12.2 Å². The van der Waals surface area contributed by atoms with Crippen molar-refractivity contribution in [1.29, 1.82) is 0 Å². The number of nitrogens with one attached hydrogen (secondary N) is 2. The van der Waals surface area contributed by atoms with Crippen molar-refractivity contribution in [3.63, 3.8) is 0 Å². The first-order valence-electron chi connectivity index (χ1n) is 14.7. The van der Waals surface area contributed by atoms with Gasteiger partial charge in [0.15, 0.2) is 0 Å². The number of amides is 3. The summed E-state index contributed by atoms with van der Waals surface area (Å²) in [6, 6.07) is 7.07. The fourth-order valence-corrected chi connectivity index (χ4v) is 7.85. The third-order valence-electron chi connectivity index (χ3n) is 9.32. The quantitative estimate of drug-likeness (QED) is 0.379. The average molecular weight is 553 g/mol. The van der Waals surface area contributed by atoms with E-state index in [1.54, 1.807) is 16.7 Å². The highest BCUT2D eigenvalue weighted by Gasteiger charge is 2.72. The van der Waals surface area contributed by atoms with Gasteiger partial charge in [-0.05, 0) is 63.2 Å². The topological polar surface area (TPSA) is 91.0 Å². The van der Waals surface area contributed by atoms with Gasteiger partial charge in [0.05, 0.1) is 17.9 Å². The second-order valence-corrected chi connectivity index (χ2v) is 12.6. The van der Waals surface area contributed by atoms with E-state index in [9.17, 15) is 14.4 Å². The van der Waals surface area contributed by atoms with Crippen LogP contribution in [0.5, 0.6) is 0 Å². The summed E-state index contributed by atoms with van der Waals surface area (Å²) < 4.78 is 6.50. The van der Waals surface area contributed by atoms with E-state index in [0.717, 1.165) is 50.2 Å². The van der Waals surface area contributed by atoms with Gasteiger partial charge in [0, 0.05) is 29.7 Å². The number of rotatable bonds is 8. The lowest BCUT2D eigenvalue weighted by Gasteiger charge is -2.35. The van der Waals surface area contributed by atoms with Crippen LogP contribution in [-0.4, -0.2) is 83.7 Å². The summed E-state index contributed by atoms with van der Waals surface area (Å²) in [5, 5.41) is 6.31. The molecule has 5 atom stereocenters. The van der Waals surface area contributed by atoms with Crippen molar-refractivity contribution in [2.45, 2.75) is 80.1 Å². The van der Waals surface area contributed by atoms with Gasteiger partial charge in [-0.3, -0.25) is 14.4 Å². The Balaban J connectivity index is 1.26. The minimum Gasteiger partial charge on any atom is -0.359 e. The summed E-state index contributed by atoms with van der Waals surface area (Å²) in [6.45, 7) is 3.24. The number of hydrogen-bond acceptors (Lipinski definition) is 6. The Morgan fingerprint density at radius 3 is 2.59 bits per heavy atom. The first kappa shape index (κ1) is 26.8. The smallest absolute Gasteiger partial charge is 0.246 e. The number of nitrogens with zero attached hydrogens (tertiary/aromatic N) is 2. The highest BCUT2D eigenvalue weighted by Crippen LogP contribution is 2.55. The second kappa shape index (κ2) is 11.3. The molecule has 2 bridgehead atoms. The second-order valence-electron chi connectivity index (χ2n) is 11.7. The van der Waals surface area contributed by atoms with Crippen molar-refractivity contribution < 1.29 is 19.1 Å². The molecule has 0 unspecified atom stereocenters. The Morgan fingerprint density at radius 2 is 1.82 bits per heavy atom. The first-order chi connectivity index (χ1) is 19.0. The molecule has 9 heteroatoms. The Morgan fingerprint density at radius 1 is 1.05 bits per heavy atom. The highest BCUT2D eigenvalue weighted by molar-refractivity contribution is 7.98. The van der Waals surface area contributed by atoms with E-state index in [2.05, 4.69) is 15.5 Å². The van der Waals surface area contributed by atoms with E-state index in [1.165, 1.54) is 25.7 Å². The number of anilines is 1. The minimum absolute atomic E-state index is 0.131. The van der Waals surface area contributed by atoms with Crippen molar-refractivity contribution in [1.82, 2.24) is 15.1 Å². The van der Waals surface area contributed by atoms with Gasteiger partial charge in [0.2, 0.25) is 17.7 Å². The van der Waals surface area contributed by atoms with Crippen LogP contribution in [0.2, 0.25) is 0 Å². The molecule has 4 aliphatic heterocycles. The number of carbonyl (C=O) groups is 3. The summed E-state index contributed by atoms with van der Waals surface area (Å²) >= 11 is 1.61. The third kappa shape index (κ3) is 5.02. The van der Waals surface area contributed by atoms with E-state index in [-0.39, 0.29) is 23.8 Å². The minimum atomic E-state index is -1.11. The molecule has 4 heterocycles. The fourth-order valence-electron chi connectivity index (χ4n) is 7.39. The molecule has 1 aliphatic carbocycles. The predicted octanol–water partition coefficient (Wildman–Crippen LogP) is 3.43. The molecule has 210 valence electrons. The lowest BCUT2D eigenvalue weighted by Crippen LogP contribution is -2.57. The number of ether oxygens (including phenoxy) is 1. The molecule has 5 aliphatic rings. The molecule has 2 N–H and O–H groups in total. The van der Waals surface area contributed by atoms with Gasteiger partial charge in [0.25, 0.3) is 0 Å². The maximum absolute atomic E-state index is 14.1. The molecule has 6 rings (SSSR count). The fraction of sp³-hybridized carbons (Fsp3) is 0.633. The summed E-state index contributed by atoms with van der Waals surface area (Å²) in [6.07, 6.45) is 14.2. The van der Waals surface area contributed by atoms with Gasteiger partial charge in [-0.2, -0.15) is 0 Å². The zero-order valence-corrected chi connectivity index (χ0v) is 23.6. The van der Waals surface area contributed by atoms with Crippen molar-refractivity contribution in [3.8, 4) is 0 Å². The Kier molecular flexibility index (Phi) is 7.75. The van der Waals surface area contributed by atoms with Crippen LogP contribution >= 0.6 is 11.8 Å². The van der Waals surface area contributed by atoms with Crippen LogP contribution in [0.4, 0.5) is 5.69 Å². The van der Waals surface area contributed by atoms with Crippen LogP contribution in [-0.2, 0) is 19.1 Å². The molecular formula is C30H40N4O4S. The molecular weight excluding hydrogens is 512 g/mol. The van der Waals surface area contributed by atoms with Crippen LogP contribution in [0.15, 0.2) is 41.3 Å². The Hall–Kier alpha value is -2.36. The largest absolute Gasteiger partial charge is 0.359 e. The van der Waals surface area contributed by atoms with Gasteiger partial charge in [-0.15, -0.1) is 11.8 Å². The van der Waals surface area contributed by atoms with Crippen LogP contribution in [0.25, 0.3) is 0 Å². The molecule has 1 saturated carbocycles. The van der Waals surface area contributed by atoms with Crippen molar-refractivity contribution in [2.24, 2.45) is 11.8 Å². The van der Waals surface area contributed by atoms with Crippen molar-refractivity contribution in [3.05, 3.63) is 36.4 Å². The third-order valence-corrected chi connectivity index (χ3v) is 10.0. The zero-order valence-electron chi connectivity index (χ0n) is 22.8. The maximum Gasteiger partial charge on any atom is 0.246 e. The van der Waals surface area contributed by atoms with E-state index in [4.69, 9.17) is 4.74 Å². The van der Waals surface area contributed by atoms with Crippen LogP contribution in [0.1, 0.15) is 51.4 Å². The normalized spacial score (nSPS) is 32.4. The summed E-state index contributed by atoms with van der Waals surface area (Å²) in [7, 11) is 0. The van der Waals surface area contributed by atoms with Gasteiger partial charge in [-0.1, -0.05) is 43.9 Å². The van der Waals surface area contributed by atoms with Crippen LogP contribution in [0, 0.1) is 11.8 Å². The molecule has 0 radical (unpaired) electrons. The van der Waals surface area contributed by atoms with Gasteiger partial charge in [0.1, 0.15) is 11.6 Å². The number of likely N-dealkylation sites (tertiary alicyclic amines) is 2. The molecule has 3 saturated heterocycles. The average Bonchev–Trinajstić information content (AvgIpc) is 3.60. The van der Waals surface area contributed by atoms with E-state index < -0.39 is 29.6 Å². The van der Waals surface area contributed by atoms with E-state index in [1.807, 2.05) is 42.7 Å². The monoisotopic (exact) mass is 552 g/mol. The molecule has 4 fully saturated rings. The highest BCUT2D eigenvalue weighted by atomic mass is 32.2. The molecule has 0 aromatic heterocycles. The molecule has 39 heavy (non-hydrogen) atoms. The van der Waals surface area contributed by atoms with Crippen molar-refractivity contribution >= 4 is 35.2 Å². The Bertz CT molecular complexity index is 1130. The number of fused-ring (bicyclic) bond motifs is 1. The summed E-state index contributed by atoms with van der Waals surface area (Å²) in [4.78, 5) is 46.9. The van der Waals surface area contributed by atoms with Crippen LogP contribution in [0.3, 0.4) is 0 Å². The standard InChI is InChI=1S/C30H40N4O4S/c1-39-22-12-8-11-21(19-22)32-27(35)24-23-13-14-30(38-23)25(24)29(37)34(18-17-33-15-6-3-7-16-33)26(30)28(36)31-20-9-4-2-5-10-20/h8,11-14,19-20,23-26H,2-7,9-10,15-18H2,1H3,(H,31,36)(H,32,35)/t23-,24-,25-,26+,30-/m0/s1. The van der Waals surface area contributed by atoms with Gasteiger partial charge >= 0.3 is 0 Å². The van der Waals surface area contributed by atoms with Gasteiger partial charge < -0.3 is 25.2 Å². The first-order valence-corrected chi connectivity index (χ1v) is 15.9. The van der Waals surface area contributed by atoms with Gasteiger partial charge in [-0.25, -0.2) is 0 Å². The lowest BCUT2D eigenvalue weighted by molar-refractivity contribution is -0.141. The maximum atomic E-state index is 14.1. The summed E-state index contributed by atoms with van der Waals surface area (Å²) in [5.74, 6) is -1.90. The SMILES string of the molecule is CSc1cccc(NC(=O)[C@H]2[C@@H]3C=C[C@]4(O3)[C@@H]2C(=O)N(CCN2CCCCC2)[C@@H]4C(=O)NC2CCCCC2)c1. The number of carbonyl (C=O) groups excluding carboxylic acids is 3. The molecule has 1 spiro atoms. The predicted molar refractivity (Wildman–Crippen MR) is 151 cm³/mol. The Labute approximate surface area is 235 Å². The number of benzene rings is 1. The molecule has 1 aromatic carbocycles. The molecule has 1 aromatic rings. The van der Waals surface area contributed by atoms with Crippen molar-refractivity contribution in [2.75, 3.05) is 37.8 Å². The van der Waals surface area contributed by atoms with Crippen LogP contribution < -0.4 is 10.6 Å². The number of piperidine rings is 1. The summed E-state index contributed by atoms with van der Waals surface area (Å²) in [5.41, 5.74) is -0.405. The zero-order chi connectivity index (χ0) is 27.0. The molecule has 8 nitrogen and oxygen atoms in total. The number of hydrogen-bond donors (Lipinski definition) is 2.